The number of aryl methyl sites for hydroxylation is 1. The molecule has 1 N–H and O–H groups in total. The predicted molar refractivity (Wildman–Crippen MR) is 96.3 cm³/mol. The molecular formula is C18H22N2O4S. The Morgan fingerprint density at radius 2 is 1.64 bits per heavy atom. The van der Waals surface area contributed by atoms with Crippen molar-refractivity contribution in [2.24, 2.45) is 0 Å². The molecule has 134 valence electrons. The Hall–Kier alpha value is -2.38. The zero-order valence-electron chi connectivity index (χ0n) is 14.5. The molecule has 0 unspecified atom stereocenters. The molecule has 0 aromatic heterocycles. The zero-order chi connectivity index (χ0) is 18.4. The number of rotatable bonds is 7. The number of carbonyl (C=O) groups is 1. The average molecular weight is 362 g/mol. The van der Waals surface area contributed by atoms with Crippen LogP contribution < -0.4 is 10.1 Å². The summed E-state index contributed by atoms with van der Waals surface area (Å²) < 4.78 is 30.6. The molecule has 25 heavy (non-hydrogen) atoms. The van der Waals surface area contributed by atoms with Gasteiger partial charge in [0.05, 0.1) is 11.4 Å². The third kappa shape index (κ3) is 5.04. The zero-order valence-corrected chi connectivity index (χ0v) is 15.3. The van der Waals surface area contributed by atoms with E-state index in [0.717, 1.165) is 9.87 Å². The molecule has 0 radical (unpaired) electrons. The van der Waals surface area contributed by atoms with Crippen molar-refractivity contribution in [2.75, 3.05) is 27.2 Å². The third-order valence-electron chi connectivity index (χ3n) is 3.57. The van der Waals surface area contributed by atoms with E-state index in [0.29, 0.717) is 17.9 Å². The standard InChI is InChI=1S/C18H22N2O4S/c1-14-4-6-15(7-5-14)18(21)19-12-13-24-16-8-10-17(11-9-16)25(22,23)20(2)3/h4-11H,12-13H2,1-3H3,(H,19,21). The van der Waals surface area contributed by atoms with Gasteiger partial charge in [-0.25, -0.2) is 12.7 Å². The van der Waals surface area contributed by atoms with Gasteiger partial charge in [-0.2, -0.15) is 0 Å². The fourth-order valence-electron chi connectivity index (χ4n) is 2.06. The van der Waals surface area contributed by atoms with Gasteiger partial charge in [-0.15, -0.1) is 0 Å². The van der Waals surface area contributed by atoms with Crippen LogP contribution in [0.3, 0.4) is 0 Å². The minimum Gasteiger partial charge on any atom is -0.492 e. The second kappa shape index (κ2) is 8.13. The summed E-state index contributed by atoms with van der Waals surface area (Å²) in [7, 11) is -0.478. The van der Waals surface area contributed by atoms with E-state index in [1.54, 1.807) is 24.3 Å². The van der Waals surface area contributed by atoms with Crippen LogP contribution >= 0.6 is 0 Å². The first kappa shape index (κ1) is 19.0. The summed E-state index contributed by atoms with van der Waals surface area (Å²) in [4.78, 5) is 12.2. The van der Waals surface area contributed by atoms with Crippen LogP contribution in [0.25, 0.3) is 0 Å². The molecule has 0 aliphatic rings. The molecule has 0 aliphatic heterocycles. The molecule has 2 aromatic carbocycles. The maximum Gasteiger partial charge on any atom is 0.251 e. The van der Waals surface area contributed by atoms with Crippen LogP contribution in [0.1, 0.15) is 15.9 Å². The molecule has 2 rings (SSSR count). The smallest absolute Gasteiger partial charge is 0.251 e. The Labute approximate surface area is 148 Å². The van der Waals surface area contributed by atoms with Crippen LogP contribution in [0.5, 0.6) is 5.75 Å². The van der Waals surface area contributed by atoms with Crippen molar-refractivity contribution in [1.82, 2.24) is 9.62 Å². The highest BCUT2D eigenvalue weighted by Gasteiger charge is 2.16. The Morgan fingerprint density at radius 3 is 2.20 bits per heavy atom. The predicted octanol–water partition coefficient (Wildman–Crippen LogP) is 2.05. The molecule has 0 bridgehead atoms. The molecule has 7 heteroatoms. The van der Waals surface area contributed by atoms with Crippen LogP contribution in [0.2, 0.25) is 0 Å². The fraction of sp³-hybridized carbons (Fsp3) is 0.278. The molecule has 6 nitrogen and oxygen atoms in total. The quantitative estimate of drug-likeness (QED) is 0.765. The van der Waals surface area contributed by atoms with E-state index in [4.69, 9.17) is 4.74 Å². The Morgan fingerprint density at radius 1 is 1.04 bits per heavy atom. The van der Waals surface area contributed by atoms with Crippen LogP contribution in [0.15, 0.2) is 53.4 Å². The van der Waals surface area contributed by atoms with Gasteiger partial charge < -0.3 is 10.1 Å². The normalized spacial score (nSPS) is 11.4. The van der Waals surface area contributed by atoms with Crippen molar-refractivity contribution in [3.63, 3.8) is 0 Å². The van der Waals surface area contributed by atoms with Gasteiger partial charge in [-0.3, -0.25) is 4.79 Å². The number of carbonyl (C=O) groups excluding carboxylic acids is 1. The summed E-state index contributed by atoms with van der Waals surface area (Å²) in [6.45, 7) is 2.60. The van der Waals surface area contributed by atoms with Gasteiger partial charge in [0.2, 0.25) is 10.0 Å². The summed E-state index contributed by atoms with van der Waals surface area (Å²) >= 11 is 0. The first-order chi connectivity index (χ1) is 11.8. The van der Waals surface area contributed by atoms with E-state index < -0.39 is 10.0 Å². The van der Waals surface area contributed by atoms with Crippen molar-refractivity contribution in [2.45, 2.75) is 11.8 Å². The molecule has 0 saturated carbocycles. The maximum atomic E-state index is 12.0. The SMILES string of the molecule is Cc1ccc(C(=O)NCCOc2ccc(S(=O)(=O)N(C)C)cc2)cc1. The lowest BCUT2D eigenvalue weighted by atomic mass is 10.1. The molecule has 1 amide bonds. The second-order valence-corrected chi connectivity index (χ2v) is 7.88. The highest BCUT2D eigenvalue weighted by molar-refractivity contribution is 7.89. The number of nitrogens with one attached hydrogen (secondary N) is 1. The summed E-state index contributed by atoms with van der Waals surface area (Å²) in [5.74, 6) is 0.387. The molecule has 0 heterocycles. The van der Waals surface area contributed by atoms with Crippen molar-refractivity contribution in [1.29, 1.82) is 0 Å². The number of hydrogen-bond donors (Lipinski definition) is 1. The monoisotopic (exact) mass is 362 g/mol. The van der Waals surface area contributed by atoms with E-state index >= 15 is 0 Å². The summed E-state index contributed by atoms with van der Waals surface area (Å²) in [6, 6.07) is 13.5. The van der Waals surface area contributed by atoms with Gasteiger partial charge in [0.1, 0.15) is 12.4 Å². The Kier molecular flexibility index (Phi) is 6.17. The third-order valence-corrected chi connectivity index (χ3v) is 5.40. The summed E-state index contributed by atoms with van der Waals surface area (Å²) in [6.07, 6.45) is 0. The number of nitrogens with zero attached hydrogens (tertiary/aromatic N) is 1. The van der Waals surface area contributed by atoms with E-state index in [2.05, 4.69) is 5.32 Å². The maximum absolute atomic E-state index is 12.0. The van der Waals surface area contributed by atoms with E-state index in [-0.39, 0.29) is 17.4 Å². The molecule has 0 saturated heterocycles. The first-order valence-electron chi connectivity index (χ1n) is 7.81. The molecule has 0 spiro atoms. The topological polar surface area (TPSA) is 75.7 Å². The molecule has 0 fully saturated rings. The fourth-order valence-corrected chi connectivity index (χ4v) is 2.96. The van der Waals surface area contributed by atoms with Crippen LogP contribution in [-0.4, -0.2) is 45.9 Å². The lowest BCUT2D eigenvalue weighted by Gasteiger charge is -2.12. The largest absolute Gasteiger partial charge is 0.492 e. The average Bonchev–Trinajstić information content (AvgIpc) is 2.59. The summed E-state index contributed by atoms with van der Waals surface area (Å²) in [5.41, 5.74) is 1.70. The van der Waals surface area contributed by atoms with Gasteiger partial charge in [0.25, 0.3) is 5.91 Å². The number of ether oxygens (including phenoxy) is 1. The number of amides is 1. The highest BCUT2D eigenvalue weighted by Crippen LogP contribution is 2.17. The summed E-state index contributed by atoms with van der Waals surface area (Å²) in [5, 5.41) is 2.77. The molecule has 0 atom stereocenters. The van der Waals surface area contributed by atoms with Crippen LogP contribution in [-0.2, 0) is 10.0 Å². The molecule has 0 aliphatic carbocycles. The lowest BCUT2D eigenvalue weighted by molar-refractivity contribution is 0.0947. The Balaban J connectivity index is 1.82. The molecular weight excluding hydrogens is 340 g/mol. The van der Waals surface area contributed by atoms with E-state index in [9.17, 15) is 13.2 Å². The van der Waals surface area contributed by atoms with Gasteiger partial charge in [-0.1, -0.05) is 17.7 Å². The van der Waals surface area contributed by atoms with Gasteiger partial charge >= 0.3 is 0 Å². The number of benzene rings is 2. The number of sulfonamides is 1. The van der Waals surface area contributed by atoms with E-state index in [1.807, 2.05) is 19.1 Å². The van der Waals surface area contributed by atoms with Crippen molar-refractivity contribution >= 4 is 15.9 Å². The highest BCUT2D eigenvalue weighted by atomic mass is 32.2. The van der Waals surface area contributed by atoms with Gasteiger partial charge in [-0.05, 0) is 43.3 Å². The minimum atomic E-state index is -3.44. The van der Waals surface area contributed by atoms with E-state index in [1.165, 1.54) is 26.2 Å². The first-order valence-corrected chi connectivity index (χ1v) is 9.25. The van der Waals surface area contributed by atoms with Crippen molar-refractivity contribution in [3.8, 4) is 5.75 Å². The van der Waals surface area contributed by atoms with Crippen molar-refractivity contribution in [3.05, 3.63) is 59.7 Å². The molecule has 2 aromatic rings. The lowest BCUT2D eigenvalue weighted by Crippen LogP contribution is -2.28. The van der Waals surface area contributed by atoms with Crippen LogP contribution in [0, 0.1) is 6.92 Å². The number of hydrogen-bond acceptors (Lipinski definition) is 4. The van der Waals surface area contributed by atoms with Crippen molar-refractivity contribution < 1.29 is 17.9 Å². The Bertz CT molecular complexity index is 813. The van der Waals surface area contributed by atoms with Gasteiger partial charge in [0.15, 0.2) is 0 Å². The second-order valence-electron chi connectivity index (χ2n) is 5.73. The minimum absolute atomic E-state index is 0.156. The van der Waals surface area contributed by atoms with Gasteiger partial charge in [0, 0.05) is 19.7 Å². The van der Waals surface area contributed by atoms with Crippen LogP contribution in [0.4, 0.5) is 0 Å².